The van der Waals surface area contributed by atoms with Gasteiger partial charge >= 0.3 is 5.97 Å². The zero-order valence-electron chi connectivity index (χ0n) is 17.7. The van der Waals surface area contributed by atoms with E-state index in [4.69, 9.17) is 4.74 Å². The molecule has 2 aromatic rings. The maximum atomic E-state index is 15.2. The first-order valence-electron chi connectivity index (χ1n) is 10.2. The summed E-state index contributed by atoms with van der Waals surface area (Å²) in [6.45, 7) is 3.14. The molecule has 2 aliphatic rings. The smallest absolute Gasteiger partial charge is 0.341 e. The van der Waals surface area contributed by atoms with Crippen LogP contribution in [0.15, 0.2) is 28.5 Å². The van der Waals surface area contributed by atoms with Crippen molar-refractivity contribution in [3.8, 4) is 5.75 Å². The van der Waals surface area contributed by atoms with Gasteiger partial charge in [0.05, 0.1) is 16.9 Å². The normalized spacial score (nSPS) is 18.5. The van der Waals surface area contributed by atoms with Gasteiger partial charge < -0.3 is 24.2 Å². The first-order valence-corrected chi connectivity index (χ1v) is 10.2. The van der Waals surface area contributed by atoms with Crippen LogP contribution in [0.4, 0.5) is 14.5 Å². The number of likely N-dealkylation sites (N-methyl/N-ethyl adjacent to an activating group) is 1. The maximum Gasteiger partial charge on any atom is 0.341 e. The fourth-order valence-electron chi connectivity index (χ4n) is 4.32. The molecule has 1 N–H and O–H groups in total. The fraction of sp³-hybridized carbons (Fsp3) is 0.455. The molecule has 2 aliphatic heterocycles. The van der Waals surface area contributed by atoms with E-state index >= 15 is 4.39 Å². The van der Waals surface area contributed by atoms with Gasteiger partial charge in [0, 0.05) is 25.8 Å². The van der Waals surface area contributed by atoms with Crippen molar-refractivity contribution in [1.29, 1.82) is 0 Å². The van der Waals surface area contributed by atoms with Crippen molar-refractivity contribution in [1.82, 2.24) is 9.47 Å². The number of hydrogen-bond donors (Lipinski definition) is 1. The van der Waals surface area contributed by atoms with Crippen LogP contribution in [0.1, 0.15) is 36.2 Å². The molecule has 0 aliphatic carbocycles. The SMILES string of the molecule is CC1COc2c(N3CCC(=C(F)CN(C)C)CC3)c(F)cc3c(=O)c(C(=O)O)cn1c23. The topological polar surface area (TPSA) is 75.0 Å². The van der Waals surface area contributed by atoms with Crippen LogP contribution in [-0.4, -0.2) is 60.9 Å². The van der Waals surface area contributed by atoms with E-state index in [0.717, 1.165) is 11.6 Å². The molecule has 7 nitrogen and oxygen atoms in total. The zero-order chi connectivity index (χ0) is 22.4. The molecule has 0 bridgehead atoms. The Bertz CT molecular complexity index is 1150. The molecular weight excluding hydrogens is 408 g/mol. The molecule has 0 amide bonds. The Balaban J connectivity index is 1.80. The Labute approximate surface area is 178 Å². The minimum Gasteiger partial charge on any atom is -0.487 e. The molecule has 1 fully saturated rings. The van der Waals surface area contributed by atoms with E-state index in [0.29, 0.717) is 31.4 Å². The van der Waals surface area contributed by atoms with E-state index in [1.165, 1.54) is 6.20 Å². The number of carboxylic acids is 1. The number of piperidine rings is 1. The molecule has 166 valence electrons. The van der Waals surface area contributed by atoms with Gasteiger partial charge in [-0.25, -0.2) is 13.6 Å². The number of rotatable bonds is 4. The number of benzene rings is 1. The van der Waals surface area contributed by atoms with Crippen molar-refractivity contribution in [3.05, 3.63) is 45.3 Å². The van der Waals surface area contributed by atoms with Gasteiger partial charge in [-0.2, -0.15) is 0 Å². The van der Waals surface area contributed by atoms with Crippen LogP contribution in [0, 0.1) is 5.82 Å². The van der Waals surface area contributed by atoms with Gasteiger partial charge in [0.1, 0.15) is 23.7 Å². The highest BCUT2D eigenvalue weighted by Crippen LogP contribution is 2.43. The summed E-state index contributed by atoms with van der Waals surface area (Å²) in [5.41, 5.74) is 0.228. The molecule has 0 spiro atoms. The highest BCUT2D eigenvalue weighted by Gasteiger charge is 2.31. The Morgan fingerprint density at radius 2 is 2.00 bits per heavy atom. The lowest BCUT2D eigenvalue weighted by molar-refractivity contribution is 0.0694. The van der Waals surface area contributed by atoms with Crippen molar-refractivity contribution in [2.75, 3.05) is 45.2 Å². The Morgan fingerprint density at radius 3 is 2.61 bits per heavy atom. The summed E-state index contributed by atoms with van der Waals surface area (Å²) >= 11 is 0. The van der Waals surface area contributed by atoms with E-state index < -0.39 is 22.8 Å². The quantitative estimate of drug-likeness (QED) is 0.799. The minimum absolute atomic E-state index is 0.0164. The number of anilines is 1. The number of pyridine rings is 1. The number of halogens is 2. The summed E-state index contributed by atoms with van der Waals surface area (Å²) in [6, 6.07) is 0.877. The van der Waals surface area contributed by atoms with E-state index in [1.54, 1.807) is 23.6 Å². The third-order valence-electron chi connectivity index (χ3n) is 5.89. The second-order valence-corrected chi connectivity index (χ2v) is 8.41. The van der Waals surface area contributed by atoms with E-state index in [9.17, 15) is 19.1 Å². The van der Waals surface area contributed by atoms with E-state index in [-0.39, 0.29) is 41.8 Å². The van der Waals surface area contributed by atoms with Crippen LogP contribution in [0.2, 0.25) is 0 Å². The molecule has 1 aromatic carbocycles. The third-order valence-corrected chi connectivity index (χ3v) is 5.89. The van der Waals surface area contributed by atoms with Crippen molar-refractivity contribution >= 4 is 22.6 Å². The summed E-state index contributed by atoms with van der Waals surface area (Å²) in [6.07, 6.45) is 2.24. The average molecular weight is 433 g/mol. The molecule has 31 heavy (non-hydrogen) atoms. The van der Waals surface area contributed by atoms with Gasteiger partial charge in [-0.05, 0) is 45.5 Å². The van der Waals surface area contributed by atoms with E-state index in [2.05, 4.69) is 0 Å². The monoisotopic (exact) mass is 433 g/mol. The number of carbonyl (C=O) groups is 1. The maximum absolute atomic E-state index is 15.2. The molecule has 1 atom stereocenters. The van der Waals surface area contributed by atoms with Crippen molar-refractivity contribution in [2.45, 2.75) is 25.8 Å². The molecule has 1 unspecified atom stereocenters. The highest BCUT2D eigenvalue weighted by molar-refractivity contribution is 5.97. The van der Waals surface area contributed by atoms with Crippen LogP contribution in [0.25, 0.3) is 10.9 Å². The van der Waals surface area contributed by atoms with E-state index in [1.807, 2.05) is 11.8 Å². The Kier molecular flexibility index (Phi) is 5.47. The third kappa shape index (κ3) is 3.67. The number of nitrogens with zero attached hydrogens (tertiary/aromatic N) is 3. The lowest BCUT2D eigenvalue weighted by atomic mass is 10.0. The molecular formula is C22H25F2N3O4. The molecule has 9 heteroatoms. The summed E-state index contributed by atoms with van der Waals surface area (Å²) in [5, 5.41) is 9.37. The van der Waals surface area contributed by atoms with Crippen molar-refractivity contribution in [2.24, 2.45) is 0 Å². The molecule has 0 radical (unpaired) electrons. The summed E-state index contributed by atoms with van der Waals surface area (Å²) in [7, 11) is 3.61. The fourth-order valence-corrected chi connectivity index (χ4v) is 4.32. The van der Waals surface area contributed by atoms with Crippen molar-refractivity contribution in [3.63, 3.8) is 0 Å². The summed E-state index contributed by atoms with van der Waals surface area (Å²) in [5.74, 6) is -1.91. The van der Waals surface area contributed by atoms with Gasteiger partial charge in [0.2, 0.25) is 5.43 Å². The van der Waals surface area contributed by atoms with Crippen LogP contribution < -0.4 is 15.1 Å². The predicted octanol–water partition coefficient (Wildman–Crippen LogP) is 3.18. The first kappa shape index (κ1) is 21.3. The highest BCUT2D eigenvalue weighted by atomic mass is 19.1. The van der Waals surface area contributed by atoms with Gasteiger partial charge in [-0.1, -0.05) is 0 Å². The van der Waals surface area contributed by atoms with Crippen LogP contribution in [-0.2, 0) is 0 Å². The number of aromatic nitrogens is 1. The zero-order valence-corrected chi connectivity index (χ0v) is 17.7. The lowest BCUT2D eigenvalue weighted by Crippen LogP contribution is -2.34. The summed E-state index contributed by atoms with van der Waals surface area (Å²) in [4.78, 5) is 27.8. The number of hydrogen-bond acceptors (Lipinski definition) is 5. The first-order chi connectivity index (χ1) is 14.7. The summed E-state index contributed by atoms with van der Waals surface area (Å²) < 4.78 is 37.2. The predicted molar refractivity (Wildman–Crippen MR) is 113 cm³/mol. The van der Waals surface area contributed by atoms with Crippen molar-refractivity contribution < 1.29 is 23.4 Å². The van der Waals surface area contributed by atoms with Gasteiger partial charge in [0.15, 0.2) is 11.6 Å². The number of ether oxygens (including phenoxy) is 1. The Morgan fingerprint density at radius 1 is 1.32 bits per heavy atom. The minimum atomic E-state index is -1.35. The number of aromatic carboxylic acids is 1. The van der Waals surface area contributed by atoms with Crippen LogP contribution in [0.5, 0.6) is 5.75 Å². The molecule has 1 aromatic heterocycles. The van der Waals surface area contributed by atoms with Crippen LogP contribution in [0.3, 0.4) is 0 Å². The number of carboxylic acid groups (broad SMARTS) is 1. The van der Waals surface area contributed by atoms with Gasteiger partial charge in [-0.3, -0.25) is 4.79 Å². The molecule has 1 saturated heterocycles. The molecule has 0 saturated carbocycles. The van der Waals surface area contributed by atoms with Gasteiger partial charge in [0.25, 0.3) is 0 Å². The van der Waals surface area contributed by atoms with Gasteiger partial charge in [-0.15, -0.1) is 0 Å². The largest absolute Gasteiger partial charge is 0.487 e. The van der Waals surface area contributed by atoms with Crippen LogP contribution >= 0.6 is 0 Å². The second-order valence-electron chi connectivity index (χ2n) is 8.41. The Hall–Kier alpha value is -2.94. The second kappa shape index (κ2) is 7.96. The standard InChI is InChI=1S/C22H25F2N3O4/c1-12-11-31-21-18-14(20(28)15(22(29)30)9-27(12)18)8-16(23)19(21)26-6-4-13(5-7-26)17(24)10-25(2)3/h8-9,12H,4-7,10-11H2,1-3H3,(H,29,30). The average Bonchev–Trinajstić information content (AvgIpc) is 2.71. The lowest BCUT2D eigenvalue weighted by Gasteiger charge is -2.35. The molecule has 4 rings (SSSR count). The molecule has 3 heterocycles.